The second kappa shape index (κ2) is 13.0. The summed E-state index contributed by atoms with van der Waals surface area (Å²) in [5.41, 5.74) is -0.226. The van der Waals surface area contributed by atoms with Crippen LogP contribution in [-0.4, -0.2) is 76.7 Å². The van der Waals surface area contributed by atoms with Gasteiger partial charge in [-0.15, -0.1) is 0 Å². The fraction of sp³-hybridized carbons (Fsp3) is 0.308. The van der Waals surface area contributed by atoms with Crippen LogP contribution >= 0.6 is 11.6 Å². The van der Waals surface area contributed by atoms with E-state index in [1.165, 1.54) is 6.07 Å². The van der Waals surface area contributed by atoms with E-state index >= 15 is 0 Å². The van der Waals surface area contributed by atoms with Crippen molar-refractivity contribution in [2.45, 2.75) is 19.0 Å². The van der Waals surface area contributed by atoms with Gasteiger partial charge in [-0.25, -0.2) is 9.59 Å². The van der Waals surface area contributed by atoms with Gasteiger partial charge in [0.25, 0.3) is 5.91 Å². The molecular formula is C26H28ClN3O8. The van der Waals surface area contributed by atoms with E-state index in [4.69, 9.17) is 36.1 Å². The van der Waals surface area contributed by atoms with Gasteiger partial charge in [0.1, 0.15) is 0 Å². The number of nitrogens with zero attached hydrogens (tertiary/aromatic N) is 1. The number of esters is 1. The lowest BCUT2D eigenvalue weighted by Gasteiger charge is -2.44. The third-order valence-corrected chi connectivity index (χ3v) is 6.13. The van der Waals surface area contributed by atoms with Gasteiger partial charge >= 0.3 is 12.1 Å². The molecule has 3 aromatic rings. The van der Waals surface area contributed by atoms with Crippen molar-refractivity contribution in [3.8, 4) is 0 Å². The smallest absolute Gasteiger partial charge is 0.463 e. The molecule has 1 atom stereocenters. The number of aromatic nitrogens is 1. The molecule has 1 aliphatic heterocycles. The number of carbonyl (C=O) groups excluding carboxylic acids is 2. The van der Waals surface area contributed by atoms with Crippen LogP contribution < -0.4 is 10.9 Å². The third kappa shape index (κ3) is 7.09. The van der Waals surface area contributed by atoms with E-state index in [1.807, 2.05) is 23.1 Å². The van der Waals surface area contributed by atoms with Gasteiger partial charge in [-0.1, -0.05) is 29.8 Å². The summed E-state index contributed by atoms with van der Waals surface area (Å²) in [7, 11) is 0. The number of nitrogens with one attached hydrogen (secondary N) is 2. The van der Waals surface area contributed by atoms with Crippen molar-refractivity contribution in [2.24, 2.45) is 0 Å². The van der Waals surface area contributed by atoms with Crippen LogP contribution in [0.1, 0.15) is 22.8 Å². The standard InChI is InChI=1S/C25H26ClN3O5.CH2O3/c1-2-34-24(32)25(29-11-13-33-14-12-29,28-23(31)17-7-9-19(26)10-8-17)16-18-15-22(30)27-21-6-4-3-5-20(18)21;2-1(3)4/h3-10,15H,2,11-14,16H2,1H3,(H,27,30)(H,28,31);(H2,2,3,4). The van der Waals surface area contributed by atoms with E-state index in [9.17, 15) is 14.4 Å². The zero-order valence-electron chi connectivity index (χ0n) is 20.6. The second-order valence-corrected chi connectivity index (χ2v) is 8.74. The highest BCUT2D eigenvalue weighted by molar-refractivity contribution is 6.30. The molecule has 12 heteroatoms. The number of aromatic amines is 1. The van der Waals surface area contributed by atoms with Gasteiger partial charge in [0, 0.05) is 47.1 Å². The van der Waals surface area contributed by atoms with E-state index in [1.54, 1.807) is 37.3 Å². The maximum Gasteiger partial charge on any atom is 0.503 e. The molecule has 1 fully saturated rings. The largest absolute Gasteiger partial charge is 0.503 e. The number of H-pyrrole nitrogens is 1. The highest BCUT2D eigenvalue weighted by Gasteiger charge is 2.48. The van der Waals surface area contributed by atoms with Crippen LogP contribution in [0.25, 0.3) is 10.9 Å². The summed E-state index contributed by atoms with van der Waals surface area (Å²) in [6, 6.07) is 15.2. The maximum absolute atomic E-state index is 13.6. The molecule has 1 aromatic heterocycles. The van der Waals surface area contributed by atoms with Crippen LogP contribution in [0.15, 0.2) is 59.4 Å². The number of carbonyl (C=O) groups is 3. The summed E-state index contributed by atoms with van der Waals surface area (Å²) in [4.78, 5) is 52.6. The number of hydrogen-bond donors (Lipinski definition) is 4. The summed E-state index contributed by atoms with van der Waals surface area (Å²) in [5, 5.41) is 18.2. The molecular weight excluding hydrogens is 518 g/mol. The molecule has 0 aliphatic carbocycles. The van der Waals surface area contributed by atoms with Crippen molar-refractivity contribution in [1.82, 2.24) is 15.2 Å². The minimum absolute atomic E-state index is 0.0373. The van der Waals surface area contributed by atoms with Gasteiger partial charge in [0.15, 0.2) is 5.66 Å². The lowest BCUT2D eigenvalue weighted by Crippen LogP contribution is -2.69. The summed E-state index contributed by atoms with van der Waals surface area (Å²) >= 11 is 5.98. The molecule has 2 aromatic carbocycles. The van der Waals surface area contributed by atoms with Gasteiger partial charge in [0.05, 0.1) is 19.8 Å². The normalized spacial score (nSPS) is 15.0. The number of carboxylic acid groups (broad SMARTS) is 2. The quantitative estimate of drug-likeness (QED) is 0.327. The van der Waals surface area contributed by atoms with Crippen LogP contribution in [0.5, 0.6) is 0 Å². The average Bonchev–Trinajstić information content (AvgIpc) is 2.88. The Labute approximate surface area is 222 Å². The number of benzene rings is 2. The highest BCUT2D eigenvalue weighted by Crippen LogP contribution is 2.26. The predicted molar refractivity (Wildman–Crippen MR) is 140 cm³/mol. The average molecular weight is 546 g/mol. The van der Waals surface area contributed by atoms with Crippen molar-refractivity contribution in [1.29, 1.82) is 0 Å². The SMILES string of the molecule is CCOC(=O)C(Cc1cc(=O)[nH]c2ccccc12)(NC(=O)c1ccc(Cl)cc1)N1CCOCC1.O=C(O)O. The van der Waals surface area contributed by atoms with E-state index in [0.29, 0.717) is 48.0 Å². The molecule has 0 radical (unpaired) electrons. The molecule has 2 heterocycles. The summed E-state index contributed by atoms with van der Waals surface area (Å²) in [5.74, 6) is -1.05. The summed E-state index contributed by atoms with van der Waals surface area (Å²) in [6.45, 7) is 3.45. The Morgan fingerprint density at radius 2 is 1.74 bits per heavy atom. The van der Waals surface area contributed by atoms with Crippen LogP contribution in [0, 0.1) is 0 Å². The molecule has 4 rings (SSSR count). The topological polar surface area (TPSA) is 158 Å². The van der Waals surface area contributed by atoms with Gasteiger partial charge in [0.2, 0.25) is 5.56 Å². The molecule has 1 saturated heterocycles. The van der Waals surface area contributed by atoms with E-state index < -0.39 is 23.7 Å². The number of para-hydroxylation sites is 1. The number of ether oxygens (including phenoxy) is 2. The molecule has 38 heavy (non-hydrogen) atoms. The summed E-state index contributed by atoms with van der Waals surface area (Å²) < 4.78 is 11.0. The molecule has 0 spiro atoms. The number of halogens is 1. The minimum atomic E-state index is -1.83. The van der Waals surface area contributed by atoms with E-state index in [0.717, 1.165) is 5.39 Å². The van der Waals surface area contributed by atoms with Gasteiger partial charge < -0.3 is 30.0 Å². The Balaban J connectivity index is 0.000000934. The lowest BCUT2D eigenvalue weighted by molar-refractivity contribution is -0.163. The molecule has 11 nitrogen and oxygen atoms in total. The van der Waals surface area contributed by atoms with Gasteiger partial charge in [-0.05, 0) is 42.8 Å². The van der Waals surface area contributed by atoms with Crippen molar-refractivity contribution >= 4 is 40.5 Å². The predicted octanol–water partition coefficient (Wildman–Crippen LogP) is 2.97. The van der Waals surface area contributed by atoms with Gasteiger partial charge in [-0.2, -0.15) is 0 Å². The van der Waals surface area contributed by atoms with Crippen LogP contribution in [0.3, 0.4) is 0 Å². The van der Waals surface area contributed by atoms with Crippen LogP contribution in [-0.2, 0) is 20.7 Å². The Morgan fingerprint density at radius 3 is 2.37 bits per heavy atom. The molecule has 0 saturated carbocycles. The number of fused-ring (bicyclic) bond motifs is 1. The third-order valence-electron chi connectivity index (χ3n) is 5.87. The zero-order chi connectivity index (χ0) is 27.7. The highest BCUT2D eigenvalue weighted by atomic mass is 35.5. The molecule has 1 unspecified atom stereocenters. The van der Waals surface area contributed by atoms with Crippen molar-refractivity contribution in [3.05, 3.63) is 81.1 Å². The second-order valence-electron chi connectivity index (χ2n) is 8.30. The minimum Gasteiger partial charge on any atom is -0.463 e. The van der Waals surface area contributed by atoms with Crippen molar-refractivity contribution in [2.75, 3.05) is 32.9 Å². The fourth-order valence-electron chi connectivity index (χ4n) is 4.24. The molecule has 202 valence electrons. The molecule has 0 bridgehead atoms. The number of pyridine rings is 1. The molecule has 4 N–H and O–H groups in total. The first kappa shape index (κ1) is 28.6. The summed E-state index contributed by atoms with van der Waals surface area (Å²) in [6.07, 6.45) is -1.80. The number of rotatable bonds is 7. The lowest BCUT2D eigenvalue weighted by atomic mass is 9.93. The fourth-order valence-corrected chi connectivity index (χ4v) is 4.37. The molecule has 1 aliphatic rings. The Morgan fingerprint density at radius 1 is 1.11 bits per heavy atom. The first-order chi connectivity index (χ1) is 18.2. The first-order valence-corrected chi connectivity index (χ1v) is 12.1. The monoisotopic (exact) mass is 545 g/mol. The van der Waals surface area contributed by atoms with Gasteiger partial charge in [-0.3, -0.25) is 14.5 Å². The zero-order valence-corrected chi connectivity index (χ0v) is 21.4. The number of amides is 1. The van der Waals surface area contributed by atoms with Crippen LogP contribution in [0.2, 0.25) is 5.02 Å². The van der Waals surface area contributed by atoms with Crippen molar-refractivity contribution in [3.63, 3.8) is 0 Å². The van der Waals surface area contributed by atoms with Crippen molar-refractivity contribution < 1.29 is 34.1 Å². The van der Waals surface area contributed by atoms with E-state index in [-0.39, 0.29) is 18.6 Å². The van der Waals surface area contributed by atoms with E-state index in [2.05, 4.69) is 10.3 Å². The molecule has 1 amide bonds. The Bertz CT molecular complexity index is 1330. The maximum atomic E-state index is 13.6. The van der Waals surface area contributed by atoms with Crippen LogP contribution in [0.4, 0.5) is 4.79 Å². The Hall–Kier alpha value is -3.93. The first-order valence-electron chi connectivity index (χ1n) is 11.8. The number of morpholine rings is 1. The Kier molecular flexibility index (Phi) is 9.83. The number of hydrogen-bond acceptors (Lipinski definition) is 7.